The summed E-state index contributed by atoms with van der Waals surface area (Å²) in [6.45, 7) is 0.279. The fourth-order valence-corrected chi connectivity index (χ4v) is 1.40. The topological polar surface area (TPSA) is 84.9 Å². The first kappa shape index (κ1) is 15.3. The second-order valence-electron chi connectivity index (χ2n) is 3.58. The van der Waals surface area contributed by atoms with Crippen LogP contribution in [0.5, 0.6) is 5.75 Å². The average Bonchev–Trinajstić information content (AvgIpc) is 2.36. The number of methoxy groups -OCH3 is 1. The first-order chi connectivity index (χ1) is 9.04. The molecule has 1 aromatic carbocycles. The van der Waals surface area contributed by atoms with Crippen molar-refractivity contribution in [3.63, 3.8) is 0 Å². The van der Waals surface area contributed by atoms with Crippen LogP contribution in [-0.2, 0) is 14.3 Å². The summed E-state index contributed by atoms with van der Waals surface area (Å²) in [4.78, 5) is 22.8. The van der Waals surface area contributed by atoms with Gasteiger partial charge in [-0.2, -0.15) is 0 Å². The van der Waals surface area contributed by atoms with Crippen LogP contribution in [0, 0.1) is 0 Å². The molecule has 0 heterocycles. The Morgan fingerprint density at radius 1 is 1.42 bits per heavy atom. The van der Waals surface area contributed by atoms with E-state index in [4.69, 9.17) is 21.1 Å². The van der Waals surface area contributed by atoms with E-state index in [9.17, 15) is 14.7 Å². The Labute approximate surface area is 115 Å². The molecule has 0 radical (unpaired) electrons. The lowest BCUT2D eigenvalue weighted by atomic mass is 10.2. The number of carbonyl (C=O) groups excluding carboxylic acids is 2. The number of amides is 1. The fraction of sp³-hybridized carbons (Fsp3) is 0.333. The Bertz CT molecular complexity index is 463. The number of benzene rings is 1. The van der Waals surface area contributed by atoms with Crippen LogP contribution in [0.2, 0.25) is 5.02 Å². The SMILES string of the molecule is COCCNC(=O)COC(=O)c1ccc(Cl)cc1O. The van der Waals surface area contributed by atoms with Crippen molar-refractivity contribution in [1.29, 1.82) is 0 Å². The lowest BCUT2D eigenvalue weighted by molar-refractivity contribution is -0.124. The van der Waals surface area contributed by atoms with Gasteiger partial charge in [0.1, 0.15) is 11.3 Å². The highest BCUT2D eigenvalue weighted by Gasteiger charge is 2.14. The molecule has 0 saturated carbocycles. The zero-order chi connectivity index (χ0) is 14.3. The summed E-state index contributed by atoms with van der Waals surface area (Å²) in [5, 5.41) is 12.3. The summed E-state index contributed by atoms with van der Waals surface area (Å²) >= 11 is 5.63. The van der Waals surface area contributed by atoms with E-state index in [2.05, 4.69) is 5.32 Å². The molecule has 6 nitrogen and oxygen atoms in total. The number of phenolic OH excluding ortho intramolecular Hbond substituents is 1. The third-order valence-corrected chi connectivity index (χ3v) is 2.38. The second kappa shape index (κ2) is 7.60. The van der Waals surface area contributed by atoms with E-state index < -0.39 is 18.5 Å². The number of rotatable bonds is 6. The largest absolute Gasteiger partial charge is 0.507 e. The van der Waals surface area contributed by atoms with Crippen LogP contribution in [0.25, 0.3) is 0 Å². The number of carbonyl (C=O) groups is 2. The van der Waals surface area contributed by atoms with Crippen LogP contribution in [0.1, 0.15) is 10.4 Å². The predicted molar refractivity (Wildman–Crippen MR) is 68.3 cm³/mol. The van der Waals surface area contributed by atoms with Crippen molar-refractivity contribution in [1.82, 2.24) is 5.32 Å². The fourth-order valence-electron chi connectivity index (χ4n) is 1.23. The number of nitrogens with one attached hydrogen (secondary N) is 1. The first-order valence-corrected chi connectivity index (χ1v) is 5.83. The highest BCUT2D eigenvalue weighted by atomic mass is 35.5. The van der Waals surface area contributed by atoms with Gasteiger partial charge in [0.25, 0.3) is 5.91 Å². The van der Waals surface area contributed by atoms with Gasteiger partial charge >= 0.3 is 5.97 Å². The quantitative estimate of drug-likeness (QED) is 0.601. The Hall–Kier alpha value is -1.79. The predicted octanol–water partition coefficient (Wildman–Crippen LogP) is 0.965. The van der Waals surface area contributed by atoms with Crippen molar-refractivity contribution >= 4 is 23.5 Å². The van der Waals surface area contributed by atoms with Gasteiger partial charge in [-0.05, 0) is 18.2 Å². The van der Waals surface area contributed by atoms with E-state index in [-0.39, 0.29) is 11.3 Å². The van der Waals surface area contributed by atoms with Crippen LogP contribution in [0.15, 0.2) is 18.2 Å². The minimum absolute atomic E-state index is 0.0471. The Kier molecular flexibility index (Phi) is 6.11. The molecule has 0 aromatic heterocycles. The zero-order valence-corrected chi connectivity index (χ0v) is 11.1. The summed E-state index contributed by atoms with van der Waals surface area (Å²) in [7, 11) is 1.51. The Morgan fingerprint density at radius 3 is 2.79 bits per heavy atom. The molecule has 0 aliphatic rings. The lowest BCUT2D eigenvalue weighted by Gasteiger charge is -2.07. The number of phenols is 1. The number of hydrogen-bond acceptors (Lipinski definition) is 5. The molecule has 7 heteroatoms. The third kappa shape index (κ3) is 5.15. The van der Waals surface area contributed by atoms with Crippen molar-refractivity contribution in [3.05, 3.63) is 28.8 Å². The summed E-state index contributed by atoms with van der Waals surface area (Å²) in [6, 6.07) is 3.98. The third-order valence-electron chi connectivity index (χ3n) is 2.14. The number of hydrogen-bond donors (Lipinski definition) is 2. The minimum Gasteiger partial charge on any atom is -0.507 e. The highest BCUT2D eigenvalue weighted by molar-refractivity contribution is 6.30. The molecule has 0 spiro atoms. The molecule has 0 aliphatic carbocycles. The van der Waals surface area contributed by atoms with Gasteiger partial charge in [-0.25, -0.2) is 4.79 Å². The van der Waals surface area contributed by atoms with E-state index in [1.807, 2.05) is 0 Å². The maximum absolute atomic E-state index is 11.6. The van der Waals surface area contributed by atoms with Crippen molar-refractivity contribution in [2.24, 2.45) is 0 Å². The molecule has 0 atom stereocenters. The minimum atomic E-state index is -0.795. The molecular weight excluding hydrogens is 274 g/mol. The smallest absolute Gasteiger partial charge is 0.342 e. The Morgan fingerprint density at radius 2 is 2.16 bits per heavy atom. The van der Waals surface area contributed by atoms with Crippen LogP contribution in [0.3, 0.4) is 0 Å². The van der Waals surface area contributed by atoms with Crippen LogP contribution < -0.4 is 5.32 Å². The molecule has 1 aromatic rings. The Balaban J connectivity index is 2.45. The summed E-state index contributed by atoms with van der Waals surface area (Å²) in [6.07, 6.45) is 0. The lowest BCUT2D eigenvalue weighted by Crippen LogP contribution is -2.31. The van der Waals surface area contributed by atoms with E-state index >= 15 is 0 Å². The van der Waals surface area contributed by atoms with Crippen molar-refractivity contribution in [2.45, 2.75) is 0 Å². The molecule has 19 heavy (non-hydrogen) atoms. The summed E-state index contributed by atoms with van der Waals surface area (Å²) in [5.74, 6) is -1.53. The number of ether oxygens (including phenoxy) is 2. The maximum Gasteiger partial charge on any atom is 0.342 e. The number of esters is 1. The highest BCUT2D eigenvalue weighted by Crippen LogP contribution is 2.22. The van der Waals surface area contributed by atoms with Crippen molar-refractivity contribution in [3.8, 4) is 5.75 Å². The summed E-state index contributed by atoms with van der Waals surface area (Å²) in [5.41, 5.74) is -0.0471. The van der Waals surface area contributed by atoms with Crippen molar-refractivity contribution < 1.29 is 24.2 Å². The molecule has 0 unspecified atom stereocenters. The number of halogens is 1. The van der Waals surface area contributed by atoms with E-state index in [0.717, 1.165) is 0 Å². The van der Waals surface area contributed by atoms with Crippen molar-refractivity contribution in [2.75, 3.05) is 26.9 Å². The van der Waals surface area contributed by atoms with Gasteiger partial charge in [0.15, 0.2) is 6.61 Å². The maximum atomic E-state index is 11.6. The number of aromatic hydroxyl groups is 1. The van der Waals surface area contributed by atoms with Gasteiger partial charge in [0.05, 0.1) is 6.61 Å². The van der Waals surface area contributed by atoms with E-state index in [0.29, 0.717) is 18.2 Å². The van der Waals surface area contributed by atoms with Gasteiger partial charge in [-0.3, -0.25) is 4.79 Å². The molecule has 0 fully saturated rings. The molecule has 104 valence electrons. The van der Waals surface area contributed by atoms with Crippen LogP contribution >= 0.6 is 11.6 Å². The molecule has 2 N–H and O–H groups in total. The van der Waals surface area contributed by atoms with E-state index in [1.54, 1.807) is 0 Å². The van der Waals surface area contributed by atoms with Crippen LogP contribution in [0.4, 0.5) is 0 Å². The molecular formula is C12H14ClNO5. The van der Waals surface area contributed by atoms with E-state index in [1.165, 1.54) is 25.3 Å². The average molecular weight is 288 g/mol. The molecule has 1 rings (SSSR count). The van der Waals surface area contributed by atoms with Gasteiger partial charge in [-0.15, -0.1) is 0 Å². The van der Waals surface area contributed by atoms with Gasteiger partial charge < -0.3 is 19.9 Å². The molecule has 0 bridgehead atoms. The van der Waals surface area contributed by atoms with Gasteiger partial charge in [0.2, 0.25) is 0 Å². The van der Waals surface area contributed by atoms with Gasteiger partial charge in [0, 0.05) is 18.7 Å². The standard InChI is InChI=1S/C12H14ClNO5/c1-18-5-4-14-11(16)7-19-12(17)9-3-2-8(13)6-10(9)15/h2-3,6,15H,4-5,7H2,1H3,(H,14,16). The first-order valence-electron chi connectivity index (χ1n) is 5.46. The second-order valence-corrected chi connectivity index (χ2v) is 4.02. The summed E-state index contributed by atoms with van der Waals surface area (Å²) < 4.78 is 9.49. The molecule has 1 amide bonds. The molecule has 0 saturated heterocycles. The zero-order valence-electron chi connectivity index (χ0n) is 10.3. The molecule has 0 aliphatic heterocycles. The van der Waals surface area contributed by atoms with Crippen LogP contribution in [-0.4, -0.2) is 43.9 Å². The normalized spacial score (nSPS) is 10.0. The van der Waals surface area contributed by atoms with Gasteiger partial charge in [-0.1, -0.05) is 11.6 Å². The monoisotopic (exact) mass is 287 g/mol.